The second kappa shape index (κ2) is 6.25. The lowest BCUT2D eigenvalue weighted by molar-refractivity contribution is -0.127. The minimum absolute atomic E-state index is 0.122. The van der Waals surface area contributed by atoms with Crippen molar-refractivity contribution in [1.29, 1.82) is 0 Å². The molecule has 0 spiro atoms. The van der Waals surface area contributed by atoms with Gasteiger partial charge >= 0.3 is 0 Å². The van der Waals surface area contributed by atoms with Gasteiger partial charge < -0.3 is 16.0 Å². The number of primary amides is 1. The van der Waals surface area contributed by atoms with Gasteiger partial charge in [0, 0.05) is 18.6 Å². The average molecular weight is 293 g/mol. The molecule has 120 valence electrons. The average Bonchev–Trinajstić information content (AvgIpc) is 3.31. The Bertz CT molecular complexity index is 382. The molecule has 1 amide bonds. The molecular weight excluding hydrogens is 262 g/mol. The maximum absolute atomic E-state index is 12.1. The number of nitrogens with zero attached hydrogens (tertiary/aromatic N) is 1. The molecule has 3 atom stereocenters. The molecule has 21 heavy (non-hydrogen) atoms. The van der Waals surface area contributed by atoms with Crippen LogP contribution in [-0.2, 0) is 4.79 Å². The first-order valence-corrected chi connectivity index (χ1v) is 8.94. The number of likely N-dealkylation sites (tertiary alicyclic amines) is 1. The van der Waals surface area contributed by atoms with E-state index in [0.29, 0.717) is 12.1 Å². The van der Waals surface area contributed by atoms with E-state index in [1.165, 1.54) is 51.6 Å². The first kappa shape index (κ1) is 15.3. The highest BCUT2D eigenvalue weighted by molar-refractivity contribution is 5.85. The molecule has 1 aliphatic heterocycles. The maximum atomic E-state index is 12.1. The highest BCUT2D eigenvalue weighted by Gasteiger charge is 2.45. The Morgan fingerprint density at radius 2 is 2.10 bits per heavy atom. The van der Waals surface area contributed by atoms with Crippen molar-refractivity contribution >= 4 is 5.91 Å². The SMILES string of the molecule is CCC1CCCN(C2CCCC(NC3CC3)(C(N)=O)C2)C1. The first-order chi connectivity index (χ1) is 10.1. The summed E-state index contributed by atoms with van der Waals surface area (Å²) in [5.41, 5.74) is 5.38. The van der Waals surface area contributed by atoms with Crippen LogP contribution >= 0.6 is 0 Å². The summed E-state index contributed by atoms with van der Waals surface area (Å²) in [5.74, 6) is 0.725. The monoisotopic (exact) mass is 293 g/mol. The Morgan fingerprint density at radius 3 is 2.76 bits per heavy atom. The summed E-state index contributed by atoms with van der Waals surface area (Å²) in [6.45, 7) is 4.73. The van der Waals surface area contributed by atoms with Crippen LogP contribution in [0.15, 0.2) is 0 Å². The quantitative estimate of drug-likeness (QED) is 0.815. The summed E-state index contributed by atoms with van der Waals surface area (Å²) < 4.78 is 0. The highest BCUT2D eigenvalue weighted by Crippen LogP contribution is 2.36. The minimum Gasteiger partial charge on any atom is -0.368 e. The summed E-state index contributed by atoms with van der Waals surface area (Å²) in [5, 5.41) is 3.60. The molecule has 0 bridgehead atoms. The molecule has 3 fully saturated rings. The van der Waals surface area contributed by atoms with E-state index in [0.717, 1.165) is 25.2 Å². The number of nitrogens with two attached hydrogens (primary N) is 1. The number of hydrogen-bond acceptors (Lipinski definition) is 3. The second-order valence-electron chi connectivity index (χ2n) is 7.53. The van der Waals surface area contributed by atoms with Gasteiger partial charge in [0.1, 0.15) is 0 Å². The van der Waals surface area contributed by atoms with Gasteiger partial charge in [0.05, 0.1) is 5.54 Å². The van der Waals surface area contributed by atoms with Crippen molar-refractivity contribution in [3.63, 3.8) is 0 Å². The van der Waals surface area contributed by atoms with Crippen LogP contribution in [0.1, 0.15) is 64.7 Å². The van der Waals surface area contributed by atoms with Crippen LogP contribution in [0.2, 0.25) is 0 Å². The Hall–Kier alpha value is -0.610. The Morgan fingerprint density at radius 1 is 1.29 bits per heavy atom. The van der Waals surface area contributed by atoms with Crippen LogP contribution in [0.4, 0.5) is 0 Å². The van der Waals surface area contributed by atoms with Crippen LogP contribution in [0.25, 0.3) is 0 Å². The molecular formula is C17H31N3O. The van der Waals surface area contributed by atoms with Crippen molar-refractivity contribution in [2.45, 2.75) is 82.3 Å². The Labute approximate surface area is 128 Å². The lowest BCUT2D eigenvalue weighted by Crippen LogP contribution is -2.61. The largest absolute Gasteiger partial charge is 0.368 e. The zero-order valence-electron chi connectivity index (χ0n) is 13.4. The zero-order chi connectivity index (χ0) is 14.9. The van der Waals surface area contributed by atoms with Gasteiger partial charge in [0.25, 0.3) is 0 Å². The first-order valence-electron chi connectivity index (χ1n) is 8.94. The molecule has 3 rings (SSSR count). The number of rotatable bonds is 5. The predicted octanol–water partition coefficient (Wildman–Crippen LogP) is 2.03. The van der Waals surface area contributed by atoms with Gasteiger partial charge in [-0.2, -0.15) is 0 Å². The molecule has 3 N–H and O–H groups in total. The molecule has 4 nitrogen and oxygen atoms in total. The molecule has 0 aromatic rings. The van der Waals surface area contributed by atoms with E-state index in [1.54, 1.807) is 0 Å². The van der Waals surface area contributed by atoms with Gasteiger partial charge in [-0.3, -0.25) is 4.79 Å². The van der Waals surface area contributed by atoms with Gasteiger partial charge in [-0.1, -0.05) is 13.3 Å². The van der Waals surface area contributed by atoms with Crippen LogP contribution in [0.5, 0.6) is 0 Å². The summed E-state index contributed by atoms with van der Waals surface area (Å²) >= 11 is 0. The third-order valence-corrected chi connectivity index (χ3v) is 5.90. The summed E-state index contributed by atoms with van der Waals surface area (Å²) in [6, 6.07) is 1.09. The van der Waals surface area contributed by atoms with Crippen molar-refractivity contribution in [2.24, 2.45) is 11.7 Å². The van der Waals surface area contributed by atoms with Crippen molar-refractivity contribution in [1.82, 2.24) is 10.2 Å². The molecule has 1 saturated heterocycles. The van der Waals surface area contributed by atoms with Gasteiger partial charge in [-0.05, 0) is 63.8 Å². The standard InChI is InChI=1S/C17H31N3O/c1-2-13-5-4-10-20(12-13)15-6-3-9-17(11-15,16(18)21)19-14-7-8-14/h13-15,19H,2-12H2,1H3,(H2,18,21). The van der Waals surface area contributed by atoms with Gasteiger partial charge in [0.2, 0.25) is 5.91 Å². The molecule has 0 radical (unpaired) electrons. The van der Waals surface area contributed by atoms with Crippen LogP contribution in [0, 0.1) is 5.92 Å². The predicted molar refractivity (Wildman–Crippen MR) is 84.9 cm³/mol. The summed E-state index contributed by atoms with van der Waals surface area (Å²) in [7, 11) is 0. The second-order valence-corrected chi connectivity index (χ2v) is 7.53. The molecule has 0 aromatic carbocycles. The number of carbonyl (C=O) groups excluding carboxylic acids is 1. The number of nitrogens with one attached hydrogen (secondary N) is 1. The van der Waals surface area contributed by atoms with E-state index < -0.39 is 5.54 Å². The lowest BCUT2D eigenvalue weighted by Gasteiger charge is -2.46. The number of amides is 1. The molecule has 3 aliphatic rings. The third kappa shape index (κ3) is 3.42. The van der Waals surface area contributed by atoms with Crippen molar-refractivity contribution in [3.05, 3.63) is 0 Å². The molecule has 4 heteroatoms. The minimum atomic E-state index is -0.427. The molecule has 1 heterocycles. The summed E-state index contributed by atoms with van der Waals surface area (Å²) in [6.07, 6.45) is 10.6. The number of carbonyl (C=O) groups is 1. The molecule has 3 unspecified atom stereocenters. The van der Waals surface area contributed by atoms with Crippen LogP contribution < -0.4 is 11.1 Å². The molecule has 2 aliphatic carbocycles. The topological polar surface area (TPSA) is 58.4 Å². The Kier molecular flexibility index (Phi) is 4.55. The smallest absolute Gasteiger partial charge is 0.237 e. The van der Waals surface area contributed by atoms with Crippen LogP contribution in [-0.4, -0.2) is 41.5 Å². The summed E-state index contributed by atoms with van der Waals surface area (Å²) in [4.78, 5) is 14.8. The normalized spacial score (nSPS) is 38.3. The fourth-order valence-electron chi connectivity index (χ4n) is 4.36. The molecule has 0 aromatic heterocycles. The number of hydrogen-bond donors (Lipinski definition) is 2. The zero-order valence-corrected chi connectivity index (χ0v) is 13.4. The lowest BCUT2D eigenvalue weighted by atomic mass is 9.77. The Balaban J connectivity index is 1.67. The third-order valence-electron chi connectivity index (χ3n) is 5.90. The van der Waals surface area contributed by atoms with Crippen LogP contribution in [0.3, 0.4) is 0 Å². The fourth-order valence-corrected chi connectivity index (χ4v) is 4.36. The number of piperidine rings is 1. The van der Waals surface area contributed by atoms with Crippen molar-refractivity contribution in [3.8, 4) is 0 Å². The van der Waals surface area contributed by atoms with E-state index >= 15 is 0 Å². The highest BCUT2D eigenvalue weighted by atomic mass is 16.1. The van der Waals surface area contributed by atoms with Gasteiger partial charge in [-0.25, -0.2) is 0 Å². The van der Waals surface area contributed by atoms with E-state index in [9.17, 15) is 4.79 Å². The van der Waals surface area contributed by atoms with Crippen molar-refractivity contribution < 1.29 is 4.79 Å². The fraction of sp³-hybridized carbons (Fsp3) is 0.941. The molecule has 2 saturated carbocycles. The maximum Gasteiger partial charge on any atom is 0.237 e. The van der Waals surface area contributed by atoms with Gasteiger partial charge in [-0.15, -0.1) is 0 Å². The van der Waals surface area contributed by atoms with Crippen molar-refractivity contribution in [2.75, 3.05) is 13.1 Å². The van der Waals surface area contributed by atoms with E-state index in [4.69, 9.17) is 5.73 Å². The van der Waals surface area contributed by atoms with E-state index in [2.05, 4.69) is 17.1 Å². The van der Waals surface area contributed by atoms with Gasteiger partial charge in [0.15, 0.2) is 0 Å². The van der Waals surface area contributed by atoms with E-state index in [-0.39, 0.29) is 5.91 Å². The van der Waals surface area contributed by atoms with E-state index in [1.807, 2.05) is 0 Å².